The molecule has 0 aromatic heterocycles. The lowest BCUT2D eigenvalue weighted by Crippen LogP contribution is -2.34. The topological polar surface area (TPSA) is 50.8 Å². The molecule has 1 atom stereocenters. The second kappa shape index (κ2) is 10.1. The molecule has 0 aliphatic rings. The summed E-state index contributed by atoms with van der Waals surface area (Å²) in [4.78, 5) is 15.3. The second-order valence-electron chi connectivity index (χ2n) is 7.39. The van der Waals surface area contributed by atoms with Gasteiger partial charge in [-0.1, -0.05) is 42.5 Å². The van der Waals surface area contributed by atoms with Crippen LogP contribution in [0, 0.1) is 12.7 Å². The van der Waals surface area contributed by atoms with Gasteiger partial charge in [0.15, 0.2) is 11.6 Å². The monoisotopic (exact) mass is 422 g/mol. The Balaban J connectivity index is 1.89. The van der Waals surface area contributed by atoms with Crippen molar-refractivity contribution in [3.63, 3.8) is 0 Å². The summed E-state index contributed by atoms with van der Waals surface area (Å²) in [5.74, 6) is 0.145. The number of nitrogens with one attached hydrogen (secondary N) is 1. The summed E-state index contributed by atoms with van der Waals surface area (Å²) in [5, 5.41) is 3.00. The lowest BCUT2D eigenvalue weighted by atomic mass is 10.0. The molecule has 0 unspecified atom stereocenters. The first kappa shape index (κ1) is 22.3. The SMILES string of the molecule is COc1ccc(CN(C)[C@@H](C(=O)Nc2cc(C)ccc2OC)c2ccccc2)cc1F. The fourth-order valence-electron chi connectivity index (χ4n) is 3.55. The van der Waals surface area contributed by atoms with Crippen LogP contribution >= 0.6 is 0 Å². The maximum absolute atomic E-state index is 14.2. The van der Waals surface area contributed by atoms with Gasteiger partial charge in [-0.25, -0.2) is 4.39 Å². The number of ether oxygens (including phenoxy) is 2. The van der Waals surface area contributed by atoms with Crippen LogP contribution in [0.4, 0.5) is 10.1 Å². The van der Waals surface area contributed by atoms with Gasteiger partial charge in [-0.05, 0) is 54.9 Å². The van der Waals surface area contributed by atoms with Crippen LogP contribution in [0.15, 0.2) is 66.7 Å². The molecule has 0 fully saturated rings. The molecule has 1 amide bonds. The number of aryl methyl sites for hydroxylation is 1. The minimum absolute atomic E-state index is 0.190. The molecule has 0 saturated heterocycles. The van der Waals surface area contributed by atoms with E-state index >= 15 is 0 Å². The minimum Gasteiger partial charge on any atom is -0.495 e. The molecule has 0 heterocycles. The van der Waals surface area contributed by atoms with Crippen molar-refractivity contribution in [2.75, 3.05) is 26.6 Å². The Bertz CT molecular complexity index is 1040. The summed E-state index contributed by atoms with van der Waals surface area (Å²) in [7, 11) is 4.84. The smallest absolute Gasteiger partial charge is 0.246 e. The molecular weight excluding hydrogens is 395 g/mol. The molecule has 0 saturated carbocycles. The molecule has 3 aromatic carbocycles. The summed E-state index contributed by atoms with van der Waals surface area (Å²) in [6, 6.07) is 19.4. The van der Waals surface area contributed by atoms with Crippen LogP contribution in [0.5, 0.6) is 11.5 Å². The fraction of sp³-hybridized carbons (Fsp3) is 0.240. The molecule has 0 spiro atoms. The molecular formula is C25H27FN2O3. The predicted molar refractivity (Wildman–Crippen MR) is 120 cm³/mol. The molecule has 0 bridgehead atoms. The molecule has 162 valence electrons. The third-order valence-electron chi connectivity index (χ3n) is 5.07. The molecule has 3 aromatic rings. The van der Waals surface area contributed by atoms with Crippen molar-refractivity contribution in [2.24, 2.45) is 0 Å². The summed E-state index contributed by atoms with van der Waals surface area (Å²) in [6.07, 6.45) is 0. The van der Waals surface area contributed by atoms with Crippen molar-refractivity contribution >= 4 is 11.6 Å². The van der Waals surface area contributed by atoms with Gasteiger partial charge in [0, 0.05) is 6.54 Å². The number of halogens is 1. The maximum atomic E-state index is 14.2. The first-order valence-corrected chi connectivity index (χ1v) is 9.96. The van der Waals surface area contributed by atoms with E-state index in [2.05, 4.69) is 5.32 Å². The third kappa shape index (κ3) is 5.41. The maximum Gasteiger partial charge on any atom is 0.246 e. The molecule has 0 aliphatic carbocycles. The van der Waals surface area contributed by atoms with Gasteiger partial charge in [0.1, 0.15) is 11.8 Å². The Labute approximate surface area is 182 Å². The lowest BCUT2D eigenvalue weighted by molar-refractivity contribution is -0.121. The van der Waals surface area contributed by atoms with E-state index in [4.69, 9.17) is 9.47 Å². The highest BCUT2D eigenvalue weighted by molar-refractivity contribution is 5.96. The van der Waals surface area contributed by atoms with Gasteiger partial charge >= 0.3 is 0 Å². The zero-order valence-corrected chi connectivity index (χ0v) is 18.2. The summed E-state index contributed by atoms with van der Waals surface area (Å²) < 4.78 is 24.5. The van der Waals surface area contributed by atoms with Crippen LogP contribution in [0.2, 0.25) is 0 Å². The standard InChI is InChI=1S/C25H27FN2O3/c1-17-10-12-23(31-4)21(14-17)27-25(29)24(19-8-6-5-7-9-19)28(2)16-18-11-13-22(30-3)20(26)15-18/h5-15,24H,16H2,1-4H3,(H,27,29)/t24-/m1/s1. The van der Waals surface area contributed by atoms with E-state index in [1.54, 1.807) is 19.2 Å². The fourth-order valence-corrected chi connectivity index (χ4v) is 3.55. The largest absolute Gasteiger partial charge is 0.495 e. The minimum atomic E-state index is -0.586. The Morgan fingerprint density at radius 2 is 1.68 bits per heavy atom. The van der Waals surface area contributed by atoms with Gasteiger partial charge in [0.05, 0.1) is 19.9 Å². The van der Waals surface area contributed by atoms with Gasteiger partial charge in [-0.15, -0.1) is 0 Å². The first-order valence-electron chi connectivity index (χ1n) is 9.96. The van der Waals surface area contributed by atoms with E-state index in [0.717, 1.165) is 16.7 Å². The van der Waals surface area contributed by atoms with Crippen LogP contribution < -0.4 is 14.8 Å². The number of nitrogens with zero attached hydrogens (tertiary/aromatic N) is 1. The van der Waals surface area contributed by atoms with E-state index in [9.17, 15) is 9.18 Å². The van der Waals surface area contributed by atoms with Crippen molar-refractivity contribution in [1.82, 2.24) is 4.90 Å². The van der Waals surface area contributed by atoms with Crippen molar-refractivity contribution in [1.29, 1.82) is 0 Å². The molecule has 1 N–H and O–H groups in total. The van der Waals surface area contributed by atoms with Crippen LogP contribution in [0.25, 0.3) is 0 Å². The predicted octanol–water partition coefficient (Wildman–Crippen LogP) is 4.96. The highest BCUT2D eigenvalue weighted by Gasteiger charge is 2.26. The van der Waals surface area contributed by atoms with Crippen molar-refractivity contribution < 1.29 is 18.7 Å². The number of carbonyl (C=O) groups excluding carboxylic acids is 1. The number of hydrogen-bond acceptors (Lipinski definition) is 4. The number of hydrogen-bond donors (Lipinski definition) is 1. The van der Waals surface area contributed by atoms with Crippen molar-refractivity contribution in [3.05, 3.63) is 89.2 Å². The van der Waals surface area contributed by atoms with Gasteiger partial charge in [-0.3, -0.25) is 9.69 Å². The Morgan fingerprint density at radius 1 is 1.00 bits per heavy atom. The van der Waals surface area contributed by atoms with Crippen LogP contribution in [0.1, 0.15) is 22.7 Å². The number of methoxy groups -OCH3 is 2. The quantitative estimate of drug-likeness (QED) is 0.557. The van der Waals surface area contributed by atoms with Gasteiger partial charge in [0.25, 0.3) is 0 Å². The second-order valence-corrected chi connectivity index (χ2v) is 7.39. The first-order chi connectivity index (χ1) is 14.9. The number of amides is 1. The van der Waals surface area contributed by atoms with Gasteiger partial charge in [0.2, 0.25) is 5.91 Å². The van der Waals surface area contributed by atoms with E-state index in [0.29, 0.717) is 18.0 Å². The molecule has 31 heavy (non-hydrogen) atoms. The summed E-state index contributed by atoms with van der Waals surface area (Å²) in [6.45, 7) is 2.33. The number of anilines is 1. The van der Waals surface area contributed by atoms with Crippen LogP contribution in [-0.4, -0.2) is 32.1 Å². The highest BCUT2D eigenvalue weighted by atomic mass is 19.1. The number of benzene rings is 3. The van der Waals surface area contributed by atoms with E-state index in [1.165, 1.54) is 13.2 Å². The molecule has 5 nitrogen and oxygen atoms in total. The molecule has 3 rings (SSSR count). The van der Waals surface area contributed by atoms with Crippen LogP contribution in [0.3, 0.4) is 0 Å². The zero-order chi connectivity index (χ0) is 22.4. The van der Waals surface area contributed by atoms with Crippen molar-refractivity contribution in [2.45, 2.75) is 19.5 Å². The normalized spacial score (nSPS) is 11.8. The molecule has 0 aliphatic heterocycles. The van der Waals surface area contributed by atoms with Gasteiger partial charge in [-0.2, -0.15) is 0 Å². The summed E-state index contributed by atoms with van der Waals surface area (Å²) in [5.41, 5.74) is 3.19. The molecule has 6 heteroatoms. The highest BCUT2D eigenvalue weighted by Crippen LogP contribution is 2.29. The Kier molecular flexibility index (Phi) is 7.26. The van der Waals surface area contributed by atoms with Crippen LogP contribution in [-0.2, 0) is 11.3 Å². The average molecular weight is 423 g/mol. The third-order valence-corrected chi connectivity index (χ3v) is 5.07. The average Bonchev–Trinajstić information content (AvgIpc) is 2.75. The van der Waals surface area contributed by atoms with E-state index in [1.807, 2.05) is 67.4 Å². The molecule has 0 radical (unpaired) electrons. The number of rotatable bonds is 8. The summed E-state index contributed by atoms with van der Waals surface area (Å²) >= 11 is 0. The van der Waals surface area contributed by atoms with E-state index in [-0.39, 0.29) is 11.7 Å². The number of carbonyl (C=O) groups is 1. The van der Waals surface area contributed by atoms with E-state index < -0.39 is 11.9 Å². The Hall–Kier alpha value is -3.38. The Morgan fingerprint density at radius 3 is 2.32 bits per heavy atom. The zero-order valence-electron chi connectivity index (χ0n) is 18.2. The van der Waals surface area contributed by atoms with Crippen molar-refractivity contribution in [3.8, 4) is 11.5 Å². The lowest BCUT2D eigenvalue weighted by Gasteiger charge is -2.28. The van der Waals surface area contributed by atoms with Gasteiger partial charge < -0.3 is 14.8 Å². The number of likely N-dealkylation sites (N-methyl/N-ethyl adjacent to an activating group) is 1.